The average Bonchev–Trinajstić information content (AvgIpc) is 2.60. The number of anilines is 1. The van der Waals surface area contributed by atoms with Gasteiger partial charge in [0.15, 0.2) is 5.11 Å². The van der Waals surface area contributed by atoms with Crippen molar-refractivity contribution in [1.29, 1.82) is 0 Å². The third-order valence-corrected chi connectivity index (χ3v) is 4.55. The molecule has 0 aromatic heterocycles. The van der Waals surface area contributed by atoms with E-state index >= 15 is 0 Å². The molecule has 2 aromatic rings. The summed E-state index contributed by atoms with van der Waals surface area (Å²) in [6, 6.07) is 12.2. The predicted molar refractivity (Wildman–Crippen MR) is 115 cm³/mol. The van der Waals surface area contributed by atoms with Crippen molar-refractivity contribution in [2.45, 2.75) is 9.96 Å². The zero-order chi connectivity index (χ0) is 20.9. The van der Waals surface area contributed by atoms with Crippen molar-refractivity contribution >= 4 is 81.0 Å². The Bertz CT molecular complexity index is 907. The molecule has 148 valence electrons. The largest absolute Gasteiger partial charge is 0.339 e. The van der Waals surface area contributed by atoms with Gasteiger partial charge in [0.1, 0.15) is 11.9 Å². The van der Waals surface area contributed by atoms with Crippen LogP contribution >= 0.6 is 58.6 Å². The van der Waals surface area contributed by atoms with Gasteiger partial charge in [-0.05, 0) is 30.4 Å². The summed E-state index contributed by atoms with van der Waals surface area (Å²) in [6.45, 7) is 0. The monoisotopic (exact) mass is 480 g/mol. The first-order chi connectivity index (χ1) is 13.1. The maximum Gasteiger partial charge on any atom is 0.292 e. The van der Waals surface area contributed by atoms with Gasteiger partial charge in [-0.1, -0.05) is 70.7 Å². The van der Waals surface area contributed by atoms with Crippen molar-refractivity contribution in [3.05, 3.63) is 69.2 Å². The summed E-state index contributed by atoms with van der Waals surface area (Å²) in [7, 11) is 0. The van der Waals surface area contributed by atoms with Gasteiger partial charge >= 0.3 is 0 Å². The maximum absolute atomic E-state index is 12.4. The van der Waals surface area contributed by atoms with Crippen molar-refractivity contribution in [3.63, 3.8) is 0 Å². The van der Waals surface area contributed by atoms with Crippen molar-refractivity contribution < 1.29 is 9.72 Å². The molecule has 0 fully saturated rings. The van der Waals surface area contributed by atoms with Crippen molar-refractivity contribution in [1.82, 2.24) is 10.6 Å². The maximum atomic E-state index is 12.4. The highest BCUT2D eigenvalue weighted by atomic mass is 35.6. The number of rotatable bonds is 5. The molecule has 1 atom stereocenters. The Morgan fingerprint density at radius 3 is 2.29 bits per heavy atom. The lowest BCUT2D eigenvalue weighted by Gasteiger charge is -2.27. The molecule has 0 spiro atoms. The van der Waals surface area contributed by atoms with E-state index in [4.69, 9.17) is 58.6 Å². The number of nitrogens with one attached hydrogen (secondary N) is 3. The Hall–Kier alpha value is -1.84. The van der Waals surface area contributed by atoms with E-state index in [1.54, 1.807) is 18.2 Å². The van der Waals surface area contributed by atoms with Crippen LogP contribution in [0.5, 0.6) is 0 Å². The minimum atomic E-state index is -1.99. The van der Waals surface area contributed by atoms with E-state index in [2.05, 4.69) is 16.0 Å². The fourth-order valence-electron chi connectivity index (χ4n) is 2.08. The Morgan fingerprint density at radius 1 is 1.07 bits per heavy atom. The number of hydrogen-bond acceptors (Lipinski definition) is 4. The molecule has 1 amide bonds. The first kappa shape index (κ1) is 22.4. The molecule has 0 saturated carbocycles. The number of amides is 1. The van der Waals surface area contributed by atoms with E-state index in [0.717, 1.165) is 0 Å². The molecule has 0 bridgehead atoms. The highest BCUT2D eigenvalue weighted by Gasteiger charge is 2.35. The van der Waals surface area contributed by atoms with Crippen LogP contribution in [-0.4, -0.2) is 25.9 Å². The highest BCUT2D eigenvalue weighted by molar-refractivity contribution is 7.80. The molecule has 0 heterocycles. The number of alkyl halides is 3. The van der Waals surface area contributed by atoms with Crippen LogP contribution in [0.1, 0.15) is 10.4 Å². The van der Waals surface area contributed by atoms with E-state index in [0.29, 0.717) is 0 Å². The Kier molecular flexibility index (Phi) is 7.68. The summed E-state index contributed by atoms with van der Waals surface area (Å²) in [5.41, 5.74) is 0.102. The second kappa shape index (κ2) is 9.58. The SMILES string of the molecule is O=C(NC(NC(=S)Nc1ccccc1[N+](=O)[O-])C(Cl)(Cl)Cl)c1ccccc1Cl. The van der Waals surface area contributed by atoms with E-state index in [9.17, 15) is 14.9 Å². The third kappa shape index (κ3) is 6.08. The van der Waals surface area contributed by atoms with Gasteiger partial charge in [-0.3, -0.25) is 14.9 Å². The van der Waals surface area contributed by atoms with Crippen molar-refractivity contribution in [3.8, 4) is 0 Å². The number of carbonyl (C=O) groups excluding carboxylic acids is 1. The number of benzene rings is 2. The Labute approximate surface area is 185 Å². The normalized spacial score (nSPS) is 12.0. The molecule has 2 rings (SSSR count). The standard InChI is InChI=1S/C16H12Cl4N4O3S/c17-10-6-2-1-5-9(10)13(25)22-14(16(18,19)20)23-15(28)21-11-7-3-4-8-12(11)24(26)27/h1-8,14H,(H,22,25)(H2,21,23,28). The smallest absolute Gasteiger partial charge is 0.292 e. The summed E-state index contributed by atoms with van der Waals surface area (Å²) >= 11 is 28.9. The van der Waals surface area contributed by atoms with Gasteiger partial charge in [-0.2, -0.15) is 0 Å². The first-order valence-corrected chi connectivity index (χ1v) is 9.44. The zero-order valence-corrected chi connectivity index (χ0v) is 17.6. The summed E-state index contributed by atoms with van der Waals surface area (Å²) in [6.07, 6.45) is -1.26. The van der Waals surface area contributed by atoms with Crippen LogP contribution in [0, 0.1) is 10.1 Å². The second-order valence-electron chi connectivity index (χ2n) is 5.30. The van der Waals surface area contributed by atoms with Gasteiger partial charge in [0, 0.05) is 6.07 Å². The fourth-order valence-corrected chi connectivity index (χ4v) is 2.86. The lowest BCUT2D eigenvalue weighted by Crippen LogP contribution is -2.56. The molecule has 0 aliphatic carbocycles. The number of nitro groups is 1. The van der Waals surface area contributed by atoms with Gasteiger partial charge in [-0.15, -0.1) is 0 Å². The number of thiocarbonyl (C=S) groups is 1. The lowest BCUT2D eigenvalue weighted by atomic mass is 10.2. The van der Waals surface area contributed by atoms with E-state index in [-0.39, 0.29) is 27.1 Å². The highest BCUT2D eigenvalue weighted by Crippen LogP contribution is 2.30. The average molecular weight is 482 g/mol. The Morgan fingerprint density at radius 2 is 1.68 bits per heavy atom. The molecule has 1 unspecified atom stereocenters. The topological polar surface area (TPSA) is 96.3 Å². The van der Waals surface area contributed by atoms with Crippen LogP contribution in [0.4, 0.5) is 11.4 Å². The molecule has 3 N–H and O–H groups in total. The molecule has 0 aliphatic rings. The van der Waals surface area contributed by atoms with Gasteiger partial charge in [0.05, 0.1) is 15.5 Å². The second-order valence-corrected chi connectivity index (χ2v) is 8.49. The summed E-state index contributed by atoms with van der Waals surface area (Å²) in [5.74, 6) is -0.608. The zero-order valence-electron chi connectivity index (χ0n) is 13.8. The molecular weight excluding hydrogens is 470 g/mol. The van der Waals surface area contributed by atoms with Crippen LogP contribution in [0.3, 0.4) is 0 Å². The van der Waals surface area contributed by atoms with Crippen LogP contribution < -0.4 is 16.0 Å². The molecule has 0 saturated heterocycles. The quantitative estimate of drug-likeness (QED) is 0.189. The third-order valence-electron chi connectivity index (χ3n) is 3.35. The summed E-state index contributed by atoms with van der Waals surface area (Å²) in [5, 5.41) is 18.9. The minimum Gasteiger partial charge on any atom is -0.339 e. The fraction of sp³-hybridized carbons (Fsp3) is 0.125. The molecule has 0 radical (unpaired) electrons. The number of para-hydroxylation sites is 2. The lowest BCUT2D eigenvalue weighted by molar-refractivity contribution is -0.383. The van der Waals surface area contributed by atoms with E-state index in [1.807, 2.05) is 0 Å². The number of nitro benzene ring substituents is 1. The van der Waals surface area contributed by atoms with Gasteiger partial charge in [-0.25, -0.2) is 0 Å². The van der Waals surface area contributed by atoms with Crippen molar-refractivity contribution in [2.75, 3.05) is 5.32 Å². The summed E-state index contributed by atoms with van der Waals surface area (Å²) in [4.78, 5) is 23.0. The predicted octanol–water partition coefficient (Wildman–Crippen LogP) is 4.66. The first-order valence-electron chi connectivity index (χ1n) is 7.52. The molecule has 2 aromatic carbocycles. The number of halogens is 4. The minimum absolute atomic E-state index is 0.106. The molecular formula is C16H12Cl4N4O3S. The number of nitrogens with zero attached hydrogens (tertiary/aromatic N) is 1. The van der Waals surface area contributed by atoms with E-state index in [1.165, 1.54) is 30.3 Å². The molecule has 12 heteroatoms. The van der Waals surface area contributed by atoms with E-state index < -0.39 is 20.8 Å². The van der Waals surface area contributed by atoms with Gasteiger partial charge in [0.25, 0.3) is 11.6 Å². The van der Waals surface area contributed by atoms with Crippen LogP contribution in [0.15, 0.2) is 48.5 Å². The van der Waals surface area contributed by atoms with Crippen LogP contribution in [0.2, 0.25) is 5.02 Å². The van der Waals surface area contributed by atoms with Gasteiger partial charge < -0.3 is 16.0 Å². The molecule has 0 aliphatic heterocycles. The number of hydrogen-bond donors (Lipinski definition) is 3. The Balaban J connectivity index is 2.15. The summed E-state index contributed by atoms with van der Waals surface area (Å²) < 4.78 is -1.99. The van der Waals surface area contributed by atoms with Crippen LogP contribution in [0.25, 0.3) is 0 Å². The van der Waals surface area contributed by atoms with Gasteiger partial charge in [0.2, 0.25) is 3.79 Å². The molecule has 28 heavy (non-hydrogen) atoms. The van der Waals surface area contributed by atoms with Crippen LogP contribution in [-0.2, 0) is 0 Å². The molecule has 7 nitrogen and oxygen atoms in total. The number of carbonyl (C=O) groups is 1. The van der Waals surface area contributed by atoms with Crippen molar-refractivity contribution in [2.24, 2.45) is 0 Å².